The molecule has 0 radical (unpaired) electrons. The van der Waals surface area contributed by atoms with Gasteiger partial charge in [0, 0.05) is 41.8 Å². The van der Waals surface area contributed by atoms with E-state index >= 15 is 0 Å². The fourth-order valence-corrected chi connectivity index (χ4v) is 3.89. The average Bonchev–Trinajstić information content (AvgIpc) is 2.99. The number of ether oxygens (including phenoxy) is 1. The van der Waals surface area contributed by atoms with Crippen LogP contribution in [0, 0.1) is 13.8 Å². The highest BCUT2D eigenvalue weighted by Gasteiger charge is 2.24. The predicted octanol–water partition coefficient (Wildman–Crippen LogP) is 2.79. The number of aryl methyl sites for hydroxylation is 2. The van der Waals surface area contributed by atoms with Crippen LogP contribution in [0.25, 0.3) is 0 Å². The van der Waals surface area contributed by atoms with Crippen molar-refractivity contribution in [3.8, 4) is 0 Å². The van der Waals surface area contributed by atoms with Crippen molar-refractivity contribution in [2.75, 3.05) is 19.7 Å². The van der Waals surface area contributed by atoms with Crippen molar-refractivity contribution in [2.24, 2.45) is 0 Å². The third-order valence-electron chi connectivity index (χ3n) is 3.11. The lowest BCUT2D eigenvalue weighted by molar-refractivity contribution is -0.0327. The third kappa shape index (κ3) is 3.20. The summed E-state index contributed by atoms with van der Waals surface area (Å²) in [4.78, 5) is 12.6. The Morgan fingerprint density at radius 3 is 3.05 bits per heavy atom. The number of rotatable bonds is 3. The normalized spacial score (nSPS) is 20.8. The molecule has 0 spiro atoms. The number of hydrogen-bond acceptors (Lipinski definition) is 6. The van der Waals surface area contributed by atoms with Crippen LogP contribution in [0.3, 0.4) is 0 Å². The Labute approximate surface area is 121 Å². The van der Waals surface area contributed by atoms with Crippen LogP contribution in [-0.2, 0) is 11.3 Å². The molecule has 19 heavy (non-hydrogen) atoms. The van der Waals surface area contributed by atoms with Crippen molar-refractivity contribution in [3.05, 3.63) is 32.2 Å². The lowest BCUT2D eigenvalue weighted by Gasteiger charge is -2.31. The van der Waals surface area contributed by atoms with Gasteiger partial charge in [-0.2, -0.15) is 0 Å². The van der Waals surface area contributed by atoms with Gasteiger partial charge < -0.3 is 4.74 Å². The SMILES string of the molecule is Cc1csc([C@@H]2CN(Cc3cnc(C)s3)CCO2)n1. The molecule has 3 rings (SSSR count). The van der Waals surface area contributed by atoms with E-state index in [-0.39, 0.29) is 6.10 Å². The molecule has 0 unspecified atom stereocenters. The van der Waals surface area contributed by atoms with Gasteiger partial charge in [-0.25, -0.2) is 9.97 Å². The zero-order valence-corrected chi connectivity index (χ0v) is 12.8. The number of thiazole rings is 2. The lowest BCUT2D eigenvalue weighted by Crippen LogP contribution is -2.37. The van der Waals surface area contributed by atoms with Gasteiger partial charge in [-0.3, -0.25) is 4.90 Å². The van der Waals surface area contributed by atoms with Crippen molar-refractivity contribution in [1.82, 2.24) is 14.9 Å². The van der Waals surface area contributed by atoms with E-state index in [1.165, 1.54) is 4.88 Å². The fourth-order valence-electron chi connectivity index (χ4n) is 2.21. The van der Waals surface area contributed by atoms with Gasteiger partial charge in [-0.1, -0.05) is 0 Å². The molecule has 3 heterocycles. The molecule has 4 nitrogen and oxygen atoms in total. The van der Waals surface area contributed by atoms with E-state index in [1.807, 2.05) is 13.1 Å². The van der Waals surface area contributed by atoms with Crippen LogP contribution in [0.1, 0.15) is 26.7 Å². The predicted molar refractivity (Wildman–Crippen MR) is 77.7 cm³/mol. The molecule has 1 aliphatic rings. The lowest BCUT2D eigenvalue weighted by atomic mass is 10.2. The number of aromatic nitrogens is 2. The van der Waals surface area contributed by atoms with Crippen LogP contribution in [0.15, 0.2) is 11.6 Å². The quantitative estimate of drug-likeness (QED) is 0.873. The van der Waals surface area contributed by atoms with Gasteiger partial charge in [0.25, 0.3) is 0 Å². The zero-order chi connectivity index (χ0) is 13.2. The molecule has 6 heteroatoms. The first-order valence-electron chi connectivity index (χ1n) is 6.38. The molecule has 2 aromatic heterocycles. The zero-order valence-electron chi connectivity index (χ0n) is 11.1. The van der Waals surface area contributed by atoms with Gasteiger partial charge >= 0.3 is 0 Å². The number of nitrogens with zero attached hydrogens (tertiary/aromatic N) is 3. The third-order valence-corrected chi connectivity index (χ3v) is 5.06. The van der Waals surface area contributed by atoms with Gasteiger partial charge in [0.05, 0.1) is 11.6 Å². The van der Waals surface area contributed by atoms with E-state index in [2.05, 4.69) is 27.2 Å². The largest absolute Gasteiger partial charge is 0.368 e. The minimum atomic E-state index is 0.126. The Morgan fingerprint density at radius 2 is 2.37 bits per heavy atom. The summed E-state index contributed by atoms with van der Waals surface area (Å²) >= 11 is 3.47. The van der Waals surface area contributed by atoms with Gasteiger partial charge in [-0.05, 0) is 13.8 Å². The average molecular weight is 295 g/mol. The van der Waals surface area contributed by atoms with Gasteiger partial charge in [0.15, 0.2) is 0 Å². The van der Waals surface area contributed by atoms with E-state index in [0.717, 1.165) is 42.0 Å². The number of hydrogen-bond donors (Lipinski definition) is 0. The van der Waals surface area contributed by atoms with Gasteiger partial charge in [-0.15, -0.1) is 22.7 Å². The van der Waals surface area contributed by atoms with Crippen molar-refractivity contribution < 1.29 is 4.74 Å². The fraction of sp³-hybridized carbons (Fsp3) is 0.538. The molecule has 0 aromatic carbocycles. The maximum atomic E-state index is 5.84. The molecular weight excluding hydrogens is 278 g/mol. The maximum absolute atomic E-state index is 5.84. The Morgan fingerprint density at radius 1 is 1.47 bits per heavy atom. The first kappa shape index (κ1) is 13.2. The molecule has 0 amide bonds. The number of morpholine rings is 1. The summed E-state index contributed by atoms with van der Waals surface area (Å²) in [6, 6.07) is 0. The second-order valence-corrected chi connectivity index (χ2v) is 6.98. The first-order valence-corrected chi connectivity index (χ1v) is 8.07. The van der Waals surface area contributed by atoms with E-state index < -0.39 is 0 Å². The minimum Gasteiger partial charge on any atom is -0.368 e. The van der Waals surface area contributed by atoms with E-state index in [1.54, 1.807) is 22.7 Å². The molecule has 1 fully saturated rings. The standard InChI is InChI=1S/C13H17N3OS2/c1-9-8-18-13(15-9)12-7-16(3-4-17-12)6-11-5-14-10(2)19-11/h5,8,12H,3-4,6-7H2,1-2H3/t12-/m0/s1. The highest BCUT2D eigenvalue weighted by molar-refractivity contribution is 7.11. The molecule has 2 aromatic rings. The topological polar surface area (TPSA) is 38.2 Å². The maximum Gasteiger partial charge on any atom is 0.123 e. The molecule has 1 saturated heterocycles. The van der Waals surface area contributed by atoms with Crippen molar-refractivity contribution in [1.29, 1.82) is 0 Å². The Kier molecular flexibility index (Phi) is 3.93. The summed E-state index contributed by atoms with van der Waals surface area (Å²) in [5.74, 6) is 0. The molecule has 1 aliphatic heterocycles. The first-order chi connectivity index (χ1) is 9.20. The monoisotopic (exact) mass is 295 g/mol. The van der Waals surface area contributed by atoms with E-state index in [0.29, 0.717) is 0 Å². The van der Waals surface area contributed by atoms with Gasteiger partial charge in [0.2, 0.25) is 0 Å². The summed E-state index contributed by atoms with van der Waals surface area (Å²) in [7, 11) is 0. The summed E-state index contributed by atoms with van der Waals surface area (Å²) < 4.78 is 5.84. The molecular formula is C13H17N3OS2. The van der Waals surface area contributed by atoms with Crippen LogP contribution in [0.2, 0.25) is 0 Å². The van der Waals surface area contributed by atoms with Crippen molar-refractivity contribution >= 4 is 22.7 Å². The summed E-state index contributed by atoms with van der Waals surface area (Å²) in [6.45, 7) is 7.73. The minimum absolute atomic E-state index is 0.126. The highest BCUT2D eigenvalue weighted by atomic mass is 32.1. The molecule has 0 saturated carbocycles. The molecule has 102 valence electrons. The second-order valence-electron chi connectivity index (χ2n) is 4.77. The van der Waals surface area contributed by atoms with Crippen LogP contribution in [-0.4, -0.2) is 34.6 Å². The highest BCUT2D eigenvalue weighted by Crippen LogP contribution is 2.26. The molecule has 0 aliphatic carbocycles. The Balaban J connectivity index is 1.64. The summed E-state index contributed by atoms with van der Waals surface area (Å²) in [5.41, 5.74) is 1.08. The smallest absolute Gasteiger partial charge is 0.123 e. The summed E-state index contributed by atoms with van der Waals surface area (Å²) in [6.07, 6.45) is 2.11. The van der Waals surface area contributed by atoms with Crippen LogP contribution >= 0.6 is 22.7 Å². The Hall–Kier alpha value is -0.820. The van der Waals surface area contributed by atoms with Crippen LogP contribution in [0.5, 0.6) is 0 Å². The Bertz CT molecular complexity index is 552. The van der Waals surface area contributed by atoms with Crippen LogP contribution < -0.4 is 0 Å². The van der Waals surface area contributed by atoms with Gasteiger partial charge in [0.1, 0.15) is 11.1 Å². The summed E-state index contributed by atoms with van der Waals surface area (Å²) in [5, 5.41) is 4.32. The second kappa shape index (κ2) is 5.66. The molecule has 1 atom stereocenters. The van der Waals surface area contributed by atoms with E-state index in [4.69, 9.17) is 4.74 Å². The van der Waals surface area contributed by atoms with Crippen LogP contribution in [0.4, 0.5) is 0 Å². The van der Waals surface area contributed by atoms with E-state index in [9.17, 15) is 0 Å². The van der Waals surface area contributed by atoms with Crippen molar-refractivity contribution in [2.45, 2.75) is 26.5 Å². The molecule has 0 bridgehead atoms. The molecule has 0 N–H and O–H groups in total. The van der Waals surface area contributed by atoms with Crippen molar-refractivity contribution in [3.63, 3.8) is 0 Å².